The molecule has 2 aromatic carbocycles. The molecule has 3 aromatic rings. The van der Waals surface area contributed by atoms with Gasteiger partial charge in [-0.15, -0.1) is 0 Å². The van der Waals surface area contributed by atoms with E-state index in [-0.39, 0.29) is 46.3 Å². The third-order valence-electron chi connectivity index (χ3n) is 4.74. The van der Waals surface area contributed by atoms with Crippen LogP contribution in [0.25, 0.3) is 11.1 Å². The summed E-state index contributed by atoms with van der Waals surface area (Å²) in [6, 6.07) is 13.1. The van der Waals surface area contributed by atoms with E-state index in [1.54, 1.807) is 25.1 Å². The van der Waals surface area contributed by atoms with Gasteiger partial charge < -0.3 is 20.2 Å². The normalized spacial score (nSPS) is 10.1. The molecular weight excluding hydrogens is 414 g/mol. The number of aromatic nitrogens is 1. The van der Waals surface area contributed by atoms with Crippen molar-refractivity contribution in [1.82, 2.24) is 4.98 Å². The molecule has 0 saturated heterocycles. The summed E-state index contributed by atoms with van der Waals surface area (Å²) in [6.45, 7) is 1.67. The van der Waals surface area contributed by atoms with Crippen LogP contribution < -0.4 is 20.8 Å². The molecule has 0 bridgehead atoms. The van der Waals surface area contributed by atoms with Crippen molar-refractivity contribution in [2.24, 2.45) is 0 Å². The van der Waals surface area contributed by atoms with E-state index >= 15 is 0 Å². The highest BCUT2D eigenvalue weighted by molar-refractivity contribution is 5.81. The van der Waals surface area contributed by atoms with Crippen molar-refractivity contribution in [3.8, 4) is 34.8 Å². The smallest absolute Gasteiger partial charge is 0.276 e. The number of nitrogen functional groups attached to an aromatic ring is 1. The number of benzene rings is 2. The van der Waals surface area contributed by atoms with Crippen molar-refractivity contribution in [2.75, 3.05) is 12.8 Å². The SMILES string of the molecule is COc1cc(-c2c(C#N)c(N)[nH]c(=O)c2C#N)ccc1OCc1ccc(C)cc1[N+](=O)[O-]. The molecule has 0 aliphatic carbocycles. The third kappa shape index (κ3) is 4.06. The topological polar surface area (TPSA) is 168 Å². The molecule has 0 aliphatic rings. The van der Waals surface area contributed by atoms with Crippen molar-refractivity contribution in [3.63, 3.8) is 0 Å². The van der Waals surface area contributed by atoms with E-state index in [1.165, 1.54) is 31.4 Å². The van der Waals surface area contributed by atoms with Gasteiger partial charge in [0.15, 0.2) is 11.5 Å². The first kappa shape index (κ1) is 21.9. The predicted octanol–water partition coefficient (Wildman–Crippen LogP) is 3.17. The number of methoxy groups -OCH3 is 1. The molecule has 1 aromatic heterocycles. The van der Waals surface area contributed by atoms with E-state index in [1.807, 2.05) is 6.07 Å². The van der Waals surface area contributed by atoms with Crippen molar-refractivity contribution in [1.29, 1.82) is 10.5 Å². The summed E-state index contributed by atoms with van der Waals surface area (Å²) in [7, 11) is 1.39. The number of ether oxygens (including phenoxy) is 2. The summed E-state index contributed by atoms with van der Waals surface area (Å²) in [5.74, 6) is 0.363. The van der Waals surface area contributed by atoms with Gasteiger partial charge in [-0.3, -0.25) is 14.9 Å². The molecule has 3 N–H and O–H groups in total. The lowest BCUT2D eigenvalue weighted by Gasteiger charge is -2.14. The summed E-state index contributed by atoms with van der Waals surface area (Å²) in [4.78, 5) is 25.3. The van der Waals surface area contributed by atoms with Crippen LogP contribution in [0.5, 0.6) is 11.5 Å². The molecule has 0 amide bonds. The number of nitrogens with zero attached hydrogens (tertiary/aromatic N) is 3. The van der Waals surface area contributed by atoms with Crippen molar-refractivity contribution < 1.29 is 14.4 Å². The van der Waals surface area contributed by atoms with Gasteiger partial charge in [-0.1, -0.05) is 12.1 Å². The second-order valence-corrected chi connectivity index (χ2v) is 6.76. The fraction of sp³-hybridized carbons (Fsp3) is 0.136. The number of nitro groups is 1. The summed E-state index contributed by atoms with van der Waals surface area (Å²) < 4.78 is 11.1. The monoisotopic (exact) mass is 431 g/mol. The first-order chi connectivity index (χ1) is 15.3. The molecule has 0 saturated carbocycles. The average molecular weight is 431 g/mol. The van der Waals surface area contributed by atoms with E-state index in [0.717, 1.165) is 5.56 Å². The number of rotatable bonds is 6. The summed E-state index contributed by atoms with van der Waals surface area (Å²) in [6.07, 6.45) is 0. The Morgan fingerprint density at radius 2 is 1.84 bits per heavy atom. The largest absolute Gasteiger partial charge is 0.493 e. The van der Waals surface area contributed by atoms with Crippen LogP contribution in [0.4, 0.5) is 11.5 Å². The first-order valence-electron chi connectivity index (χ1n) is 9.21. The molecule has 0 unspecified atom stereocenters. The van der Waals surface area contributed by atoms with Crippen molar-refractivity contribution in [3.05, 3.63) is 79.1 Å². The van der Waals surface area contributed by atoms with E-state index in [0.29, 0.717) is 11.1 Å². The lowest BCUT2D eigenvalue weighted by molar-refractivity contribution is -0.385. The van der Waals surface area contributed by atoms with Crippen LogP contribution in [-0.4, -0.2) is 17.0 Å². The van der Waals surface area contributed by atoms with E-state index in [2.05, 4.69) is 4.98 Å². The molecule has 10 nitrogen and oxygen atoms in total. The van der Waals surface area contributed by atoms with Gasteiger partial charge in [-0.25, -0.2) is 0 Å². The zero-order valence-electron chi connectivity index (χ0n) is 17.1. The molecule has 0 aliphatic heterocycles. The number of hydrogen-bond acceptors (Lipinski definition) is 8. The molecule has 1 heterocycles. The predicted molar refractivity (Wildman–Crippen MR) is 115 cm³/mol. The van der Waals surface area contributed by atoms with Crippen molar-refractivity contribution >= 4 is 11.5 Å². The van der Waals surface area contributed by atoms with Gasteiger partial charge in [0.25, 0.3) is 11.2 Å². The quantitative estimate of drug-likeness (QED) is 0.443. The highest BCUT2D eigenvalue weighted by Gasteiger charge is 2.20. The molecule has 0 radical (unpaired) electrons. The number of nitriles is 2. The number of nitro benzene ring substituents is 1. The summed E-state index contributed by atoms with van der Waals surface area (Å²) in [5.41, 5.74) is 6.23. The Labute approximate surface area is 182 Å². The lowest BCUT2D eigenvalue weighted by atomic mass is 9.96. The number of pyridine rings is 1. The van der Waals surface area contributed by atoms with Crippen LogP contribution in [0.2, 0.25) is 0 Å². The maximum atomic E-state index is 12.1. The Kier molecular flexibility index (Phi) is 6.08. The fourth-order valence-corrected chi connectivity index (χ4v) is 3.20. The minimum absolute atomic E-state index is 0.0489. The highest BCUT2D eigenvalue weighted by Crippen LogP contribution is 2.36. The number of anilines is 1. The molecule has 3 rings (SSSR count). The fourth-order valence-electron chi connectivity index (χ4n) is 3.20. The van der Waals surface area contributed by atoms with Crippen LogP contribution in [-0.2, 0) is 6.61 Å². The highest BCUT2D eigenvalue weighted by atomic mass is 16.6. The van der Waals surface area contributed by atoms with E-state index < -0.39 is 10.5 Å². The Hall–Kier alpha value is -4.83. The van der Waals surface area contributed by atoms with Gasteiger partial charge in [0.1, 0.15) is 35.7 Å². The van der Waals surface area contributed by atoms with Gasteiger partial charge in [0.2, 0.25) is 0 Å². The number of nitrogens with one attached hydrogen (secondary N) is 1. The van der Waals surface area contributed by atoms with Gasteiger partial charge in [0.05, 0.1) is 17.6 Å². The first-order valence-corrected chi connectivity index (χ1v) is 9.21. The van der Waals surface area contributed by atoms with Crippen LogP contribution in [0.15, 0.2) is 41.2 Å². The second-order valence-electron chi connectivity index (χ2n) is 6.76. The summed E-state index contributed by atoms with van der Waals surface area (Å²) in [5, 5.41) is 30.2. The van der Waals surface area contributed by atoms with Gasteiger partial charge in [-0.2, -0.15) is 10.5 Å². The number of aromatic amines is 1. The maximum Gasteiger partial charge on any atom is 0.276 e. The van der Waals surface area contributed by atoms with Crippen molar-refractivity contribution in [2.45, 2.75) is 13.5 Å². The Balaban J connectivity index is 2.03. The average Bonchev–Trinajstić information content (AvgIpc) is 2.77. The molecule has 0 atom stereocenters. The minimum atomic E-state index is -0.718. The van der Waals surface area contributed by atoms with Gasteiger partial charge in [0, 0.05) is 11.6 Å². The Bertz CT molecular complexity index is 1360. The Morgan fingerprint density at radius 1 is 1.12 bits per heavy atom. The van der Waals surface area contributed by atoms with Gasteiger partial charge >= 0.3 is 0 Å². The molecule has 10 heteroatoms. The second kappa shape index (κ2) is 8.90. The zero-order valence-corrected chi connectivity index (χ0v) is 17.1. The molecule has 32 heavy (non-hydrogen) atoms. The Morgan fingerprint density at radius 3 is 2.47 bits per heavy atom. The number of nitrogens with two attached hydrogens (primary N) is 1. The van der Waals surface area contributed by atoms with Crippen LogP contribution in [0.3, 0.4) is 0 Å². The minimum Gasteiger partial charge on any atom is -0.493 e. The van der Waals surface area contributed by atoms with Crippen LogP contribution >= 0.6 is 0 Å². The third-order valence-corrected chi connectivity index (χ3v) is 4.74. The molecule has 160 valence electrons. The number of H-pyrrole nitrogens is 1. The van der Waals surface area contributed by atoms with Crippen LogP contribution in [0, 0.1) is 39.7 Å². The van der Waals surface area contributed by atoms with E-state index in [9.17, 15) is 25.4 Å². The molecular formula is C22H17N5O5. The summed E-state index contributed by atoms with van der Waals surface area (Å²) >= 11 is 0. The molecule has 0 fully saturated rings. The van der Waals surface area contributed by atoms with E-state index in [4.69, 9.17) is 15.2 Å². The number of aryl methyl sites for hydroxylation is 1. The lowest BCUT2D eigenvalue weighted by Crippen LogP contribution is -2.16. The maximum absolute atomic E-state index is 12.1. The van der Waals surface area contributed by atoms with Gasteiger partial charge in [-0.05, 0) is 36.2 Å². The molecule has 0 spiro atoms. The number of hydrogen-bond donors (Lipinski definition) is 2. The standard InChI is InChI=1S/C22H17N5O5/c1-12-3-4-14(17(7-12)27(29)30)11-32-18-6-5-13(8-19(18)31-2)20-15(9-23)21(25)26-22(28)16(20)10-24/h3-8H,11H2,1-2H3,(H3,25,26,28). The zero-order chi connectivity index (χ0) is 23.4. The van der Waals surface area contributed by atoms with Crippen LogP contribution in [0.1, 0.15) is 22.3 Å².